The van der Waals surface area contributed by atoms with E-state index in [1.807, 2.05) is 11.5 Å². The van der Waals surface area contributed by atoms with E-state index in [4.69, 9.17) is 16.3 Å². The number of aromatic nitrogens is 1. The molecule has 1 heterocycles. The maximum atomic E-state index is 13.8. The smallest absolute Gasteiger partial charge is 0.343 e. The molecule has 6 heteroatoms. The fraction of sp³-hybridized carbons (Fsp3) is 0.375. The molecule has 116 valence electrons. The molecule has 22 heavy (non-hydrogen) atoms. The van der Waals surface area contributed by atoms with Gasteiger partial charge in [0.05, 0.1) is 17.1 Å². The monoisotopic (exact) mass is 323 g/mol. The highest BCUT2D eigenvalue weighted by atomic mass is 35.5. The Morgan fingerprint density at radius 1 is 1.45 bits per heavy atom. The molecule has 0 radical (unpaired) electrons. The van der Waals surface area contributed by atoms with Crippen molar-refractivity contribution >= 4 is 28.5 Å². The van der Waals surface area contributed by atoms with E-state index in [-0.39, 0.29) is 28.1 Å². The third-order valence-electron chi connectivity index (χ3n) is 4.10. The maximum Gasteiger partial charge on any atom is 0.343 e. The van der Waals surface area contributed by atoms with E-state index in [9.17, 15) is 14.0 Å². The van der Waals surface area contributed by atoms with Gasteiger partial charge in [-0.3, -0.25) is 4.79 Å². The molecule has 1 saturated carbocycles. The number of carbonyl (C=O) groups is 1. The van der Waals surface area contributed by atoms with Gasteiger partial charge in [-0.1, -0.05) is 11.6 Å². The maximum absolute atomic E-state index is 13.8. The molecule has 0 amide bonds. The van der Waals surface area contributed by atoms with E-state index >= 15 is 0 Å². The Morgan fingerprint density at radius 2 is 2.14 bits per heavy atom. The second kappa shape index (κ2) is 5.09. The van der Waals surface area contributed by atoms with Crippen molar-refractivity contribution in [3.63, 3.8) is 0 Å². The van der Waals surface area contributed by atoms with Crippen LogP contribution in [0.2, 0.25) is 5.02 Å². The molecule has 1 aliphatic rings. The molecule has 0 aliphatic heterocycles. The number of esters is 1. The van der Waals surface area contributed by atoms with E-state index < -0.39 is 17.2 Å². The van der Waals surface area contributed by atoms with Crippen LogP contribution in [0.3, 0.4) is 0 Å². The highest BCUT2D eigenvalue weighted by Gasteiger charge is 2.40. The molecular formula is C16H15ClFNO3. The van der Waals surface area contributed by atoms with Gasteiger partial charge in [0.25, 0.3) is 0 Å². The summed E-state index contributed by atoms with van der Waals surface area (Å²) in [5, 5.41) is 0.0920. The number of fused-ring (bicyclic) bond motifs is 1. The molecule has 1 aromatic heterocycles. The normalized spacial score (nSPS) is 15.8. The number of carbonyl (C=O) groups excluding carboxylic acids is 1. The number of ether oxygens (including phenoxy) is 1. The van der Waals surface area contributed by atoms with Gasteiger partial charge in [-0.15, -0.1) is 0 Å². The molecule has 3 rings (SSSR count). The molecule has 2 aromatic rings. The van der Waals surface area contributed by atoms with Crippen LogP contribution >= 0.6 is 11.6 Å². The van der Waals surface area contributed by atoms with Crippen molar-refractivity contribution < 1.29 is 13.9 Å². The summed E-state index contributed by atoms with van der Waals surface area (Å²) in [5.41, 5.74) is -0.271. The molecule has 0 atom stereocenters. The summed E-state index contributed by atoms with van der Waals surface area (Å²) in [4.78, 5) is 24.5. The second-order valence-electron chi connectivity index (χ2n) is 5.74. The molecular weight excluding hydrogens is 309 g/mol. The van der Waals surface area contributed by atoms with Crippen molar-refractivity contribution in [2.75, 3.05) is 6.61 Å². The minimum absolute atomic E-state index is 0.0474. The van der Waals surface area contributed by atoms with Crippen molar-refractivity contribution in [3.05, 3.63) is 45.0 Å². The van der Waals surface area contributed by atoms with E-state index in [2.05, 4.69) is 0 Å². The summed E-state index contributed by atoms with van der Waals surface area (Å²) < 4.78 is 20.5. The van der Waals surface area contributed by atoms with Crippen LogP contribution in [0.4, 0.5) is 4.39 Å². The van der Waals surface area contributed by atoms with Crippen LogP contribution in [0, 0.1) is 5.82 Å². The van der Waals surface area contributed by atoms with Crippen LogP contribution in [0.25, 0.3) is 10.9 Å². The Balaban J connectivity index is 2.36. The lowest BCUT2D eigenvalue weighted by Crippen LogP contribution is -2.24. The van der Waals surface area contributed by atoms with E-state index in [0.717, 1.165) is 18.9 Å². The first-order chi connectivity index (χ1) is 10.4. The summed E-state index contributed by atoms with van der Waals surface area (Å²) in [6.45, 7) is 3.85. The van der Waals surface area contributed by atoms with E-state index in [0.29, 0.717) is 5.52 Å². The van der Waals surface area contributed by atoms with Gasteiger partial charge < -0.3 is 9.30 Å². The molecule has 0 unspecified atom stereocenters. The summed E-state index contributed by atoms with van der Waals surface area (Å²) >= 11 is 5.85. The zero-order valence-corrected chi connectivity index (χ0v) is 13.0. The molecule has 1 aromatic carbocycles. The minimum Gasteiger partial charge on any atom is -0.462 e. The number of benzene rings is 1. The quantitative estimate of drug-likeness (QED) is 0.812. The number of rotatable bonds is 3. The molecule has 1 fully saturated rings. The standard InChI is InChI=1S/C16H15ClFNO3/c1-3-22-15(21)10-8-19(16(2)4-5-16)13-7-11(17)12(18)6-9(13)14(10)20/h6-8H,3-5H2,1-2H3. The lowest BCUT2D eigenvalue weighted by atomic mass is 10.1. The third-order valence-corrected chi connectivity index (χ3v) is 4.39. The van der Waals surface area contributed by atoms with E-state index in [1.54, 1.807) is 6.92 Å². The average Bonchev–Trinajstić information content (AvgIpc) is 3.20. The van der Waals surface area contributed by atoms with Crippen molar-refractivity contribution in [2.24, 2.45) is 0 Å². The SMILES string of the molecule is CCOC(=O)c1cn(C2(C)CC2)c2cc(Cl)c(F)cc2c1=O. The van der Waals surface area contributed by atoms with Gasteiger partial charge in [0.1, 0.15) is 11.4 Å². The van der Waals surface area contributed by atoms with Crippen LogP contribution < -0.4 is 5.43 Å². The molecule has 4 nitrogen and oxygen atoms in total. The Bertz CT molecular complexity index is 839. The number of hydrogen-bond acceptors (Lipinski definition) is 3. The summed E-state index contributed by atoms with van der Waals surface area (Å²) in [6, 6.07) is 2.52. The average molecular weight is 324 g/mol. The number of hydrogen-bond donors (Lipinski definition) is 0. The van der Waals surface area contributed by atoms with Gasteiger partial charge in [0.15, 0.2) is 0 Å². The van der Waals surface area contributed by atoms with Gasteiger partial charge in [0.2, 0.25) is 5.43 Å². The minimum atomic E-state index is -0.692. The molecule has 0 bridgehead atoms. The first-order valence-corrected chi connectivity index (χ1v) is 7.47. The van der Waals surface area contributed by atoms with Gasteiger partial charge in [-0.2, -0.15) is 0 Å². The van der Waals surface area contributed by atoms with Gasteiger partial charge in [-0.05, 0) is 38.8 Å². The zero-order chi connectivity index (χ0) is 16.1. The highest BCUT2D eigenvalue weighted by molar-refractivity contribution is 6.31. The van der Waals surface area contributed by atoms with Crippen LogP contribution in [-0.4, -0.2) is 17.1 Å². The Morgan fingerprint density at radius 3 is 2.73 bits per heavy atom. The van der Waals surface area contributed by atoms with Gasteiger partial charge in [0, 0.05) is 17.1 Å². The molecule has 0 N–H and O–H groups in total. The number of halogens is 2. The van der Waals surface area contributed by atoms with Gasteiger partial charge >= 0.3 is 5.97 Å². The summed E-state index contributed by atoms with van der Waals surface area (Å²) in [6.07, 6.45) is 3.34. The predicted octanol–water partition coefficient (Wildman–Crippen LogP) is 3.48. The number of pyridine rings is 1. The molecule has 0 spiro atoms. The van der Waals surface area contributed by atoms with Crippen molar-refractivity contribution in [1.29, 1.82) is 0 Å². The van der Waals surface area contributed by atoms with Crippen LogP contribution in [0.15, 0.2) is 23.1 Å². The fourth-order valence-electron chi connectivity index (χ4n) is 2.54. The van der Waals surface area contributed by atoms with Crippen molar-refractivity contribution in [2.45, 2.75) is 32.2 Å². The largest absolute Gasteiger partial charge is 0.462 e. The molecule has 1 aliphatic carbocycles. The molecule has 0 saturated heterocycles. The predicted molar refractivity (Wildman–Crippen MR) is 82.0 cm³/mol. The lowest BCUT2D eigenvalue weighted by Gasteiger charge is -2.19. The topological polar surface area (TPSA) is 48.3 Å². The second-order valence-corrected chi connectivity index (χ2v) is 6.15. The summed E-state index contributed by atoms with van der Waals surface area (Å²) in [5.74, 6) is -1.37. The van der Waals surface area contributed by atoms with Crippen LogP contribution in [0.1, 0.15) is 37.0 Å². The lowest BCUT2D eigenvalue weighted by molar-refractivity contribution is 0.0524. The third kappa shape index (κ3) is 2.29. The zero-order valence-electron chi connectivity index (χ0n) is 12.3. The van der Waals surface area contributed by atoms with Crippen LogP contribution in [0.5, 0.6) is 0 Å². The van der Waals surface area contributed by atoms with Crippen molar-refractivity contribution in [3.8, 4) is 0 Å². The van der Waals surface area contributed by atoms with E-state index in [1.165, 1.54) is 12.3 Å². The first kappa shape index (κ1) is 15.0. The summed E-state index contributed by atoms with van der Waals surface area (Å²) in [7, 11) is 0. The van der Waals surface area contributed by atoms with Gasteiger partial charge in [-0.25, -0.2) is 9.18 Å². The Kier molecular flexibility index (Phi) is 3.48. The first-order valence-electron chi connectivity index (χ1n) is 7.09. The van der Waals surface area contributed by atoms with Crippen molar-refractivity contribution in [1.82, 2.24) is 4.57 Å². The fourth-order valence-corrected chi connectivity index (χ4v) is 2.70. The Hall–Kier alpha value is -1.88. The highest BCUT2D eigenvalue weighted by Crippen LogP contribution is 2.44. The number of nitrogens with zero attached hydrogens (tertiary/aromatic N) is 1. The van der Waals surface area contributed by atoms with Crippen LogP contribution in [-0.2, 0) is 10.3 Å². The Labute approximate surface area is 131 Å².